The molecule has 0 aliphatic rings. The summed E-state index contributed by atoms with van der Waals surface area (Å²) in [5, 5.41) is 0. The molecule has 0 aliphatic heterocycles. The fraction of sp³-hybridized carbons (Fsp3) is 0.737. The molecular formula is C19H32FNOSn. The van der Waals surface area contributed by atoms with Crippen LogP contribution in [0.4, 0.5) is 4.39 Å². The fourth-order valence-corrected chi connectivity index (χ4v) is 8.37. The van der Waals surface area contributed by atoms with Gasteiger partial charge in [-0.1, -0.05) is 0 Å². The first-order chi connectivity index (χ1) is 11.0. The van der Waals surface area contributed by atoms with Crippen LogP contribution in [-0.4, -0.2) is 25.7 Å². The van der Waals surface area contributed by atoms with Gasteiger partial charge in [0.1, 0.15) is 0 Å². The van der Waals surface area contributed by atoms with Crippen LogP contribution < -0.4 is 9.14 Å². The van der Waals surface area contributed by atoms with Gasteiger partial charge in [-0.05, 0) is 0 Å². The number of aryl methyl sites for hydroxylation is 1. The van der Waals surface area contributed by atoms with Crippen molar-refractivity contribution in [3.05, 3.63) is 28.4 Å². The molecule has 0 N–H and O–H groups in total. The van der Waals surface area contributed by atoms with Crippen LogP contribution in [0.25, 0.3) is 0 Å². The molecule has 0 fully saturated rings. The van der Waals surface area contributed by atoms with Crippen LogP contribution in [0.2, 0.25) is 3.43 Å². The van der Waals surface area contributed by atoms with Gasteiger partial charge in [-0.2, -0.15) is 0 Å². The second-order valence-electron chi connectivity index (χ2n) is 6.68. The molecule has 0 spiro atoms. The summed E-state index contributed by atoms with van der Waals surface area (Å²) in [6, 6.07) is 1.88. The Morgan fingerprint density at radius 2 is 1.52 bits per heavy atom. The van der Waals surface area contributed by atoms with E-state index in [-0.39, 0.29) is 0 Å². The summed E-state index contributed by atoms with van der Waals surface area (Å²) >= 11 is -1.16. The number of hydrogen-bond acceptors (Lipinski definition) is 1. The molecule has 0 unspecified atom stereocenters. The van der Waals surface area contributed by atoms with E-state index in [0.717, 1.165) is 3.58 Å². The minimum atomic E-state index is -1.16. The van der Waals surface area contributed by atoms with E-state index < -0.39 is 32.5 Å². The first kappa shape index (κ1) is 20.7. The number of pyridine rings is 1. The third-order valence-electron chi connectivity index (χ3n) is 4.64. The van der Waals surface area contributed by atoms with E-state index in [1.165, 1.54) is 62.4 Å². The first-order valence-corrected chi connectivity index (χ1v) is 12.0. The van der Waals surface area contributed by atoms with E-state index in [1.54, 1.807) is 13.2 Å². The van der Waals surface area contributed by atoms with Crippen molar-refractivity contribution in [3.63, 3.8) is 0 Å². The molecule has 2 nitrogen and oxygen atoms in total. The monoisotopic (exact) mass is 429 g/mol. The number of unbranched alkanes of at least 4 members (excludes halogenated alkanes) is 3. The van der Waals surface area contributed by atoms with Crippen LogP contribution in [0.1, 0.15) is 78.6 Å². The molecule has 1 heterocycles. The van der Waals surface area contributed by atoms with Crippen molar-refractivity contribution in [1.82, 2.24) is 4.57 Å². The van der Waals surface area contributed by atoms with E-state index in [4.69, 9.17) is 0 Å². The Morgan fingerprint density at radius 1 is 1.04 bits per heavy atom. The Hall–Kier alpha value is -0.321. The van der Waals surface area contributed by atoms with Gasteiger partial charge in [0, 0.05) is 0 Å². The molecular weight excluding hydrogens is 396 g/mol. The zero-order valence-corrected chi connectivity index (χ0v) is 18.1. The van der Waals surface area contributed by atoms with Crippen molar-refractivity contribution >= 4 is 24.7 Å². The molecule has 4 heteroatoms. The van der Waals surface area contributed by atoms with Crippen molar-refractivity contribution in [2.45, 2.75) is 82.0 Å². The van der Waals surface area contributed by atoms with Crippen LogP contribution in [0.3, 0.4) is 0 Å². The summed E-state index contributed by atoms with van der Waals surface area (Å²) in [5.41, 5.74) is -0.459. The van der Waals surface area contributed by atoms with Crippen LogP contribution in [-0.2, 0) is 7.05 Å². The van der Waals surface area contributed by atoms with Gasteiger partial charge in [-0.25, -0.2) is 0 Å². The standard InChI is InChI=1S/C13H27.C6H5FNO.Sn/c1-4-7-10-13(11-8-5-2)12-9-6-3;1-8-4-2-3-5(7)6(8)9;/h4-12H2,1-3H3;2,4H,1H3;. The molecule has 23 heavy (non-hydrogen) atoms. The van der Waals surface area contributed by atoms with Crippen LogP contribution in [0, 0.1) is 5.82 Å². The van der Waals surface area contributed by atoms with Gasteiger partial charge in [0.25, 0.3) is 0 Å². The number of hydrogen-bond donors (Lipinski definition) is 0. The van der Waals surface area contributed by atoms with E-state index in [1.807, 2.05) is 6.07 Å². The van der Waals surface area contributed by atoms with Crippen LogP contribution >= 0.6 is 0 Å². The van der Waals surface area contributed by atoms with Crippen molar-refractivity contribution in [3.8, 4) is 0 Å². The number of nitrogens with zero attached hydrogens (tertiary/aromatic N) is 1. The molecule has 0 saturated heterocycles. The fourth-order valence-electron chi connectivity index (χ4n) is 3.09. The molecule has 1 rings (SSSR count). The summed E-state index contributed by atoms with van der Waals surface area (Å²) in [6.45, 7) is 6.69. The third kappa shape index (κ3) is 6.24. The van der Waals surface area contributed by atoms with Gasteiger partial charge in [0.15, 0.2) is 0 Å². The molecule has 0 saturated carbocycles. The van der Waals surface area contributed by atoms with Gasteiger partial charge >= 0.3 is 151 Å². The first-order valence-electron chi connectivity index (χ1n) is 9.13. The summed E-state index contributed by atoms with van der Waals surface area (Å²) in [4.78, 5) is 11.9. The molecule has 130 valence electrons. The molecule has 0 bridgehead atoms. The van der Waals surface area contributed by atoms with Crippen LogP contribution in [0.15, 0.2) is 17.1 Å². The summed E-state index contributed by atoms with van der Waals surface area (Å²) in [5.74, 6) is -0.476. The minimum absolute atomic E-state index is 0.318. The Bertz CT molecular complexity index is 505. The Morgan fingerprint density at radius 3 is 1.96 bits per heavy atom. The van der Waals surface area contributed by atoms with E-state index >= 15 is 0 Å². The Labute approximate surface area is 151 Å². The predicted octanol–water partition coefficient (Wildman–Crippen LogP) is 4.58. The molecule has 0 aliphatic carbocycles. The predicted molar refractivity (Wildman–Crippen MR) is 98.3 cm³/mol. The van der Waals surface area contributed by atoms with Gasteiger partial charge < -0.3 is 0 Å². The summed E-state index contributed by atoms with van der Waals surface area (Å²) in [7, 11) is 1.62. The van der Waals surface area contributed by atoms with E-state index in [2.05, 4.69) is 20.8 Å². The second-order valence-corrected chi connectivity index (χ2v) is 12.0. The van der Waals surface area contributed by atoms with E-state index in [0.29, 0.717) is 3.43 Å². The third-order valence-corrected chi connectivity index (χ3v) is 10.2. The average Bonchev–Trinajstić information content (AvgIpc) is 2.56. The number of aromatic nitrogens is 1. The molecule has 1 aromatic rings. The van der Waals surface area contributed by atoms with Gasteiger partial charge in [-0.3, -0.25) is 0 Å². The van der Waals surface area contributed by atoms with Crippen molar-refractivity contribution < 1.29 is 4.39 Å². The zero-order valence-electron chi connectivity index (χ0n) is 15.3. The number of rotatable bonds is 11. The Kier molecular flexibility index (Phi) is 9.48. The molecule has 0 amide bonds. The van der Waals surface area contributed by atoms with Gasteiger partial charge in [0.05, 0.1) is 0 Å². The van der Waals surface area contributed by atoms with Crippen molar-refractivity contribution in [1.29, 1.82) is 0 Å². The summed E-state index contributed by atoms with van der Waals surface area (Å²) < 4.78 is 16.9. The quantitative estimate of drug-likeness (QED) is 0.473. The second kappa shape index (κ2) is 10.5. The summed E-state index contributed by atoms with van der Waals surface area (Å²) in [6.07, 6.45) is 12.6. The maximum atomic E-state index is 14.5. The topological polar surface area (TPSA) is 22.0 Å². The number of halogens is 1. The SMILES string of the molecule is CCCC[C](CCCC)(CCCC)[Sn][c]1ccn(C)c(=O)c1F. The average molecular weight is 428 g/mol. The maximum absolute atomic E-state index is 14.5. The molecule has 0 atom stereocenters. The Balaban J connectivity index is 3.10. The molecule has 2 radical (unpaired) electrons. The van der Waals surface area contributed by atoms with Crippen molar-refractivity contribution in [2.75, 3.05) is 0 Å². The van der Waals surface area contributed by atoms with Gasteiger partial charge in [-0.15, -0.1) is 0 Å². The normalized spacial score (nSPS) is 11.9. The molecule has 1 aromatic heterocycles. The van der Waals surface area contributed by atoms with E-state index in [9.17, 15) is 9.18 Å². The van der Waals surface area contributed by atoms with Crippen LogP contribution in [0.5, 0.6) is 0 Å². The molecule has 0 aromatic carbocycles. The zero-order chi connectivity index (χ0) is 17.3. The van der Waals surface area contributed by atoms with Gasteiger partial charge in [0.2, 0.25) is 0 Å². The van der Waals surface area contributed by atoms with Crippen molar-refractivity contribution in [2.24, 2.45) is 7.05 Å².